The summed E-state index contributed by atoms with van der Waals surface area (Å²) in [6, 6.07) is 2.30. The maximum absolute atomic E-state index is 11.7. The minimum Gasteiger partial charge on any atom is -0.379 e. The molecule has 2 bridgehead atoms. The molecule has 0 aliphatic heterocycles. The van der Waals surface area contributed by atoms with Crippen LogP contribution in [0.15, 0.2) is 12.3 Å². The quantitative estimate of drug-likeness (QED) is 0.804. The summed E-state index contributed by atoms with van der Waals surface area (Å²) in [4.78, 5) is 14.7. The third-order valence-electron chi connectivity index (χ3n) is 5.20. The molecule has 0 saturated heterocycles. The van der Waals surface area contributed by atoms with E-state index in [0.717, 1.165) is 17.5 Å². The third kappa shape index (κ3) is 1.89. The van der Waals surface area contributed by atoms with Crippen molar-refractivity contribution in [2.24, 2.45) is 17.1 Å². The minimum atomic E-state index is -0.539. The second-order valence-electron chi connectivity index (χ2n) is 6.80. The van der Waals surface area contributed by atoms with Crippen LogP contribution in [0.1, 0.15) is 43.1 Å². The molecule has 110 valence electrons. The monoisotopic (exact) mass is 285 g/mol. The Morgan fingerprint density at radius 3 is 3.00 bits per heavy atom. The predicted molar refractivity (Wildman–Crippen MR) is 79.9 cm³/mol. The van der Waals surface area contributed by atoms with E-state index in [2.05, 4.69) is 27.4 Å². The topological polar surface area (TPSA) is 96.7 Å². The fourth-order valence-corrected chi connectivity index (χ4v) is 4.19. The molecule has 1 amide bonds. The lowest BCUT2D eigenvalue weighted by Crippen LogP contribution is -2.29. The first kappa shape index (κ1) is 12.6. The summed E-state index contributed by atoms with van der Waals surface area (Å²) < 4.78 is 0. The van der Waals surface area contributed by atoms with E-state index in [9.17, 15) is 4.79 Å². The van der Waals surface area contributed by atoms with Gasteiger partial charge in [-0.1, -0.05) is 6.92 Å². The second kappa shape index (κ2) is 4.19. The Balaban J connectivity index is 1.74. The Hall–Kier alpha value is -2.11. The number of hydrogen-bond donors (Lipinski definition) is 3. The molecule has 4 N–H and O–H groups in total. The number of carbonyl (C=O) groups is 1. The Morgan fingerprint density at radius 1 is 1.48 bits per heavy atom. The van der Waals surface area contributed by atoms with E-state index < -0.39 is 5.91 Å². The summed E-state index contributed by atoms with van der Waals surface area (Å²) >= 11 is 0. The van der Waals surface area contributed by atoms with Gasteiger partial charge in [0.25, 0.3) is 5.91 Å². The Bertz CT molecular complexity index is 724. The van der Waals surface area contributed by atoms with Crippen molar-refractivity contribution in [3.63, 3.8) is 0 Å². The summed E-state index contributed by atoms with van der Waals surface area (Å²) in [5.41, 5.74) is 7.55. The Labute approximate surface area is 122 Å². The van der Waals surface area contributed by atoms with Crippen molar-refractivity contribution in [2.45, 2.75) is 38.6 Å². The van der Waals surface area contributed by atoms with E-state index in [4.69, 9.17) is 5.73 Å². The van der Waals surface area contributed by atoms with Gasteiger partial charge in [-0.15, -0.1) is 10.2 Å². The summed E-state index contributed by atoms with van der Waals surface area (Å²) in [5.74, 6) is 0.139. The number of carbonyl (C=O) groups excluding carboxylic acids is 1. The number of anilines is 1. The Kier molecular flexibility index (Phi) is 2.52. The summed E-state index contributed by atoms with van der Waals surface area (Å²) in [6.45, 7) is 2.36. The van der Waals surface area contributed by atoms with E-state index in [1.54, 1.807) is 6.20 Å². The lowest BCUT2D eigenvalue weighted by Gasteiger charge is -2.28. The van der Waals surface area contributed by atoms with E-state index >= 15 is 0 Å². The van der Waals surface area contributed by atoms with Crippen LogP contribution in [0.4, 0.5) is 5.69 Å². The van der Waals surface area contributed by atoms with Gasteiger partial charge in [-0.05, 0) is 43.1 Å². The molecule has 0 radical (unpaired) electrons. The lowest BCUT2D eigenvalue weighted by molar-refractivity contribution is 0.0995. The number of rotatable bonds is 3. The minimum absolute atomic E-state index is 0.232. The van der Waals surface area contributed by atoms with Crippen molar-refractivity contribution in [1.29, 1.82) is 0 Å². The van der Waals surface area contributed by atoms with Crippen molar-refractivity contribution in [2.75, 3.05) is 5.32 Å². The van der Waals surface area contributed by atoms with Gasteiger partial charge in [0.2, 0.25) is 0 Å². The average Bonchev–Trinajstić information content (AvgIpc) is 3.10. The standard InChI is InChI=1S/C15H19N5O/c1-15-4-2-8(6-15)10(7-15)18-11-9-3-5-17-14(9)20-19-12(11)13(16)21/h3,5,8,10H,2,4,6-7H2,1H3,(H2,16,21)(H2,17,18,20)/t8-,10-,15+/m1/s1. The number of fused-ring (bicyclic) bond motifs is 3. The molecular weight excluding hydrogens is 266 g/mol. The fourth-order valence-electron chi connectivity index (χ4n) is 4.19. The predicted octanol–water partition coefficient (Wildman–Crippen LogP) is 2.05. The maximum atomic E-state index is 11.7. The number of H-pyrrole nitrogens is 1. The highest BCUT2D eigenvalue weighted by atomic mass is 16.1. The van der Waals surface area contributed by atoms with Crippen LogP contribution < -0.4 is 11.1 Å². The number of nitrogens with one attached hydrogen (secondary N) is 2. The zero-order valence-electron chi connectivity index (χ0n) is 12.0. The zero-order valence-corrected chi connectivity index (χ0v) is 12.0. The average molecular weight is 285 g/mol. The van der Waals surface area contributed by atoms with E-state index in [-0.39, 0.29) is 5.69 Å². The largest absolute Gasteiger partial charge is 0.379 e. The van der Waals surface area contributed by atoms with Gasteiger partial charge in [-0.3, -0.25) is 4.79 Å². The smallest absolute Gasteiger partial charge is 0.271 e. The molecule has 4 rings (SSSR count). The Morgan fingerprint density at radius 2 is 2.33 bits per heavy atom. The van der Waals surface area contributed by atoms with Crippen LogP contribution in [-0.4, -0.2) is 27.1 Å². The number of primary amides is 1. The van der Waals surface area contributed by atoms with E-state index in [0.29, 0.717) is 23.0 Å². The molecule has 0 spiro atoms. The van der Waals surface area contributed by atoms with Crippen LogP contribution in [0, 0.1) is 11.3 Å². The maximum Gasteiger partial charge on any atom is 0.271 e. The van der Waals surface area contributed by atoms with Gasteiger partial charge in [0.1, 0.15) is 0 Å². The molecule has 2 aromatic heterocycles. The molecular formula is C15H19N5O. The lowest BCUT2D eigenvalue weighted by atomic mass is 9.85. The SMILES string of the molecule is C[C@]12CC[C@H](C1)[C@H](Nc1c(C(N)=O)nnc3[nH]ccc13)C2. The highest BCUT2D eigenvalue weighted by Gasteiger charge is 2.47. The molecule has 2 aromatic rings. The van der Waals surface area contributed by atoms with Crippen LogP contribution >= 0.6 is 0 Å². The highest BCUT2D eigenvalue weighted by Crippen LogP contribution is 2.54. The van der Waals surface area contributed by atoms with Gasteiger partial charge in [-0.2, -0.15) is 0 Å². The molecule has 0 unspecified atom stereocenters. The summed E-state index contributed by atoms with van der Waals surface area (Å²) in [6.07, 6.45) is 6.79. The van der Waals surface area contributed by atoms with E-state index in [1.165, 1.54) is 19.3 Å². The van der Waals surface area contributed by atoms with Crippen LogP contribution in [0.25, 0.3) is 11.0 Å². The number of hydrogen-bond acceptors (Lipinski definition) is 4. The molecule has 0 aromatic carbocycles. The normalized spacial score (nSPS) is 30.9. The number of amides is 1. The highest BCUT2D eigenvalue weighted by molar-refractivity contribution is 6.04. The first-order valence-corrected chi connectivity index (χ1v) is 7.46. The number of nitrogens with two attached hydrogens (primary N) is 1. The molecule has 2 aliphatic carbocycles. The zero-order chi connectivity index (χ0) is 14.6. The van der Waals surface area contributed by atoms with Gasteiger partial charge in [0.15, 0.2) is 11.3 Å². The molecule has 2 heterocycles. The summed E-state index contributed by atoms with van der Waals surface area (Å²) in [5, 5.41) is 12.4. The molecule has 6 heteroatoms. The number of aromatic nitrogens is 3. The van der Waals surface area contributed by atoms with Gasteiger partial charge in [0, 0.05) is 17.6 Å². The van der Waals surface area contributed by atoms with Crippen molar-refractivity contribution in [3.05, 3.63) is 18.0 Å². The molecule has 6 nitrogen and oxygen atoms in total. The molecule has 2 fully saturated rings. The molecule has 3 atom stereocenters. The van der Waals surface area contributed by atoms with Gasteiger partial charge >= 0.3 is 0 Å². The molecule has 2 aliphatic rings. The van der Waals surface area contributed by atoms with Gasteiger partial charge in [-0.25, -0.2) is 0 Å². The van der Waals surface area contributed by atoms with Gasteiger partial charge < -0.3 is 16.0 Å². The number of aromatic amines is 1. The van der Waals surface area contributed by atoms with Crippen molar-refractivity contribution < 1.29 is 4.79 Å². The third-order valence-corrected chi connectivity index (χ3v) is 5.20. The van der Waals surface area contributed by atoms with Crippen LogP contribution in [0.3, 0.4) is 0 Å². The van der Waals surface area contributed by atoms with E-state index in [1.807, 2.05) is 6.07 Å². The van der Waals surface area contributed by atoms with Crippen LogP contribution in [0.5, 0.6) is 0 Å². The van der Waals surface area contributed by atoms with Crippen molar-refractivity contribution in [3.8, 4) is 0 Å². The summed E-state index contributed by atoms with van der Waals surface area (Å²) in [7, 11) is 0. The first-order valence-electron chi connectivity index (χ1n) is 7.46. The van der Waals surface area contributed by atoms with Crippen molar-refractivity contribution in [1.82, 2.24) is 15.2 Å². The second-order valence-corrected chi connectivity index (χ2v) is 6.80. The first-order chi connectivity index (χ1) is 10.1. The molecule has 21 heavy (non-hydrogen) atoms. The van der Waals surface area contributed by atoms with Crippen LogP contribution in [-0.2, 0) is 0 Å². The number of nitrogens with zero attached hydrogens (tertiary/aromatic N) is 2. The fraction of sp³-hybridized carbons (Fsp3) is 0.533. The van der Waals surface area contributed by atoms with Crippen molar-refractivity contribution >= 4 is 22.6 Å². The molecule has 2 saturated carbocycles. The van der Waals surface area contributed by atoms with Gasteiger partial charge in [0.05, 0.1) is 5.69 Å². The van der Waals surface area contributed by atoms with Crippen LogP contribution in [0.2, 0.25) is 0 Å².